The lowest BCUT2D eigenvalue weighted by molar-refractivity contribution is -0.137. The highest BCUT2D eigenvalue weighted by molar-refractivity contribution is 5.78. The van der Waals surface area contributed by atoms with Crippen molar-refractivity contribution in [2.45, 2.75) is 13.8 Å². The molecule has 0 aromatic rings. The molecule has 2 amide bonds. The molecule has 7 heteroatoms. The number of ether oxygens (including phenoxy) is 1. The number of rotatable bonds is 6. The minimum atomic E-state index is 0.0940. The Morgan fingerprint density at radius 2 is 1.52 bits per heavy atom. The van der Waals surface area contributed by atoms with E-state index in [1.54, 1.807) is 0 Å². The first-order valence-corrected chi connectivity index (χ1v) is 8.61. The van der Waals surface area contributed by atoms with Crippen molar-refractivity contribution >= 4 is 11.8 Å². The van der Waals surface area contributed by atoms with Crippen LogP contribution in [0.15, 0.2) is 0 Å². The normalized spacial score (nSPS) is 20.7. The number of piperazine rings is 1. The Bertz CT molecular complexity index is 389. The molecule has 2 rings (SSSR count). The van der Waals surface area contributed by atoms with E-state index < -0.39 is 0 Å². The maximum absolute atomic E-state index is 12.2. The zero-order valence-electron chi connectivity index (χ0n) is 14.4. The first kappa shape index (κ1) is 18.2. The maximum atomic E-state index is 12.2. The Balaban J connectivity index is 1.63. The fraction of sp³-hybridized carbons (Fsp3) is 0.875. The highest BCUT2D eigenvalue weighted by atomic mass is 16.5. The van der Waals surface area contributed by atoms with Crippen LogP contribution in [-0.2, 0) is 14.3 Å². The summed E-state index contributed by atoms with van der Waals surface area (Å²) in [5.41, 5.74) is 0. The molecule has 132 valence electrons. The molecule has 0 bridgehead atoms. The summed E-state index contributed by atoms with van der Waals surface area (Å²) in [5.74, 6) is 0.759. The molecule has 0 radical (unpaired) electrons. The van der Waals surface area contributed by atoms with Crippen molar-refractivity contribution in [2.24, 2.45) is 5.92 Å². The van der Waals surface area contributed by atoms with Crippen molar-refractivity contribution in [1.82, 2.24) is 20.0 Å². The topological polar surface area (TPSA) is 65.1 Å². The Morgan fingerprint density at radius 1 is 0.957 bits per heavy atom. The molecule has 0 spiro atoms. The molecule has 0 aliphatic carbocycles. The molecule has 2 aliphatic heterocycles. The summed E-state index contributed by atoms with van der Waals surface area (Å²) >= 11 is 0. The fourth-order valence-electron chi connectivity index (χ4n) is 2.79. The summed E-state index contributed by atoms with van der Waals surface area (Å²) in [4.78, 5) is 30.3. The fourth-order valence-corrected chi connectivity index (χ4v) is 2.79. The maximum Gasteiger partial charge on any atom is 0.236 e. The van der Waals surface area contributed by atoms with E-state index >= 15 is 0 Å². The van der Waals surface area contributed by atoms with Crippen LogP contribution in [0.4, 0.5) is 0 Å². The molecule has 0 atom stereocenters. The highest BCUT2D eigenvalue weighted by Crippen LogP contribution is 2.04. The van der Waals surface area contributed by atoms with E-state index in [-0.39, 0.29) is 11.8 Å². The lowest BCUT2D eigenvalue weighted by atomic mass is 10.2. The number of hydrogen-bond donors (Lipinski definition) is 1. The van der Waals surface area contributed by atoms with Crippen LogP contribution in [0.3, 0.4) is 0 Å². The zero-order chi connectivity index (χ0) is 16.7. The van der Waals surface area contributed by atoms with Gasteiger partial charge in [-0.25, -0.2) is 0 Å². The van der Waals surface area contributed by atoms with E-state index in [4.69, 9.17) is 4.74 Å². The minimum Gasteiger partial charge on any atom is -0.378 e. The van der Waals surface area contributed by atoms with Crippen molar-refractivity contribution in [2.75, 3.05) is 72.1 Å². The number of hydrogen-bond acceptors (Lipinski definition) is 5. The second-order valence-corrected chi connectivity index (χ2v) is 6.74. The van der Waals surface area contributed by atoms with E-state index in [0.29, 0.717) is 45.3 Å². The number of amides is 2. The lowest BCUT2D eigenvalue weighted by Gasteiger charge is -2.35. The molecule has 23 heavy (non-hydrogen) atoms. The molecule has 0 aromatic carbocycles. The summed E-state index contributed by atoms with van der Waals surface area (Å²) in [6.07, 6.45) is 0. The van der Waals surface area contributed by atoms with Crippen LogP contribution in [0.2, 0.25) is 0 Å². The van der Waals surface area contributed by atoms with Crippen molar-refractivity contribution in [3.05, 3.63) is 0 Å². The zero-order valence-corrected chi connectivity index (χ0v) is 14.4. The lowest BCUT2D eigenvalue weighted by Crippen LogP contribution is -2.53. The van der Waals surface area contributed by atoms with E-state index in [2.05, 4.69) is 29.0 Å². The molecule has 2 saturated heterocycles. The quantitative estimate of drug-likeness (QED) is 0.695. The van der Waals surface area contributed by atoms with Gasteiger partial charge in [0.15, 0.2) is 0 Å². The van der Waals surface area contributed by atoms with Gasteiger partial charge in [-0.2, -0.15) is 0 Å². The molecular weight excluding hydrogens is 296 g/mol. The summed E-state index contributed by atoms with van der Waals surface area (Å²) in [5, 5.41) is 2.95. The van der Waals surface area contributed by atoms with Crippen LogP contribution in [-0.4, -0.2) is 98.6 Å². The number of morpholine rings is 1. The van der Waals surface area contributed by atoms with Gasteiger partial charge in [-0.05, 0) is 5.92 Å². The predicted molar refractivity (Wildman–Crippen MR) is 88.1 cm³/mol. The van der Waals surface area contributed by atoms with Gasteiger partial charge < -0.3 is 15.0 Å². The van der Waals surface area contributed by atoms with Gasteiger partial charge in [0.25, 0.3) is 0 Å². The van der Waals surface area contributed by atoms with Gasteiger partial charge in [-0.3, -0.25) is 19.4 Å². The standard InChI is InChI=1S/C16H30N4O3/c1-14(2)11-17-15(21)12-18-3-5-19(6-4-18)13-16(22)20-7-9-23-10-8-20/h14H,3-13H2,1-2H3,(H,17,21). The first-order valence-electron chi connectivity index (χ1n) is 8.61. The van der Waals surface area contributed by atoms with Crippen molar-refractivity contribution in [3.8, 4) is 0 Å². The van der Waals surface area contributed by atoms with Crippen LogP contribution in [0.25, 0.3) is 0 Å². The Hall–Kier alpha value is -1.18. The molecule has 7 nitrogen and oxygen atoms in total. The average molecular weight is 326 g/mol. The average Bonchev–Trinajstić information content (AvgIpc) is 2.55. The van der Waals surface area contributed by atoms with Crippen LogP contribution in [0, 0.1) is 5.92 Å². The first-order chi connectivity index (χ1) is 11.0. The van der Waals surface area contributed by atoms with Gasteiger partial charge in [0.2, 0.25) is 11.8 Å². The second kappa shape index (κ2) is 9.20. The third kappa shape index (κ3) is 6.45. The van der Waals surface area contributed by atoms with Gasteiger partial charge >= 0.3 is 0 Å². The van der Waals surface area contributed by atoms with Crippen LogP contribution < -0.4 is 5.32 Å². The van der Waals surface area contributed by atoms with Crippen molar-refractivity contribution in [1.29, 1.82) is 0 Å². The van der Waals surface area contributed by atoms with Gasteiger partial charge in [-0.15, -0.1) is 0 Å². The van der Waals surface area contributed by atoms with Gasteiger partial charge in [0, 0.05) is 45.8 Å². The number of nitrogens with zero attached hydrogens (tertiary/aromatic N) is 3. The number of carbonyl (C=O) groups is 2. The van der Waals surface area contributed by atoms with Gasteiger partial charge in [0.1, 0.15) is 0 Å². The highest BCUT2D eigenvalue weighted by Gasteiger charge is 2.23. The summed E-state index contributed by atoms with van der Waals surface area (Å²) in [6.45, 7) is 11.9. The van der Waals surface area contributed by atoms with E-state index in [1.165, 1.54) is 0 Å². The van der Waals surface area contributed by atoms with Crippen molar-refractivity contribution in [3.63, 3.8) is 0 Å². The van der Waals surface area contributed by atoms with Crippen LogP contribution in [0.1, 0.15) is 13.8 Å². The molecule has 0 unspecified atom stereocenters. The van der Waals surface area contributed by atoms with E-state index in [1.807, 2.05) is 4.90 Å². The molecule has 2 aliphatic rings. The number of nitrogens with one attached hydrogen (secondary N) is 1. The largest absolute Gasteiger partial charge is 0.378 e. The van der Waals surface area contributed by atoms with Gasteiger partial charge in [-0.1, -0.05) is 13.8 Å². The second-order valence-electron chi connectivity index (χ2n) is 6.74. The Morgan fingerprint density at radius 3 is 2.09 bits per heavy atom. The van der Waals surface area contributed by atoms with Crippen molar-refractivity contribution < 1.29 is 14.3 Å². The molecule has 1 N–H and O–H groups in total. The molecular formula is C16H30N4O3. The minimum absolute atomic E-state index is 0.0940. The Labute approximate surface area is 138 Å². The molecule has 0 saturated carbocycles. The van der Waals surface area contributed by atoms with Gasteiger partial charge in [0.05, 0.1) is 26.3 Å². The summed E-state index contributed by atoms with van der Waals surface area (Å²) < 4.78 is 5.27. The number of carbonyl (C=O) groups excluding carboxylic acids is 2. The Kier molecular flexibility index (Phi) is 7.26. The van der Waals surface area contributed by atoms with Crippen LogP contribution >= 0.6 is 0 Å². The van der Waals surface area contributed by atoms with Crippen LogP contribution in [0.5, 0.6) is 0 Å². The summed E-state index contributed by atoms with van der Waals surface area (Å²) in [6, 6.07) is 0. The molecule has 2 heterocycles. The van der Waals surface area contributed by atoms with E-state index in [0.717, 1.165) is 32.7 Å². The third-order valence-corrected chi connectivity index (χ3v) is 4.26. The smallest absolute Gasteiger partial charge is 0.236 e. The predicted octanol–water partition coefficient (Wildman–Crippen LogP) is -0.765. The van der Waals surface area contributed by atoms with E-state index in [9.17, 15) is 9.59 Å². The summed E-state index contributed by atoms with van der Waals surface area (Å²) in [7, 11) is 0. The SMILES string of the molecule is CC(C)CNC(=O)CN1CCN(CC(=O)N2CCOCC2)CC1. The third-order valence-electron chi connectivity index (χ3n) is 4.26. The molecule has 0 aromatic heterocycles. The molecule has 2 fully saturated rings. The monoisotopic (exact) mass is 326 g/mol.